The maximum Gasteiger partial charge on any atom is 0.249 e. The molecule has 168 valence electrons. The van der Waals surface area contributed by atoms with Crippen LogP contribution in [0.15, 0.2) is 41.3 Å². The maximum atomic E-state index is 13.1. The number of amides is 1. The molecule has 2 heterocycles. The Bertz CT molecular complexity index is 733. The average molecular weight is 441 g/mol. The van der Waals surface area contributed by atoms with Crippen molar-refractivity contribution in [3.05, 3.63) is 36.3 Å². The molecule has 2 unspecified atom stereocenters. The number of thioether (sulfide) groups is 1. The van der Waals surface area contributed by atoms with Crippen LogP contribution in [0.4, 0.5) is 0 Å². The first-order valence-corrected chi connectivity index (χ1v) is 11.1. The first-order chi connectivity index (χ1) is 14.1. The summed E-state index contributed by atoms with van der Waals surface area (Å²) < 4.78 is 16.4. The number of nitrogens with one attached hydrogen (secondary N) is 1. The SMILES string of the molecule is C=CCOC1=CC(O)OC([C@@H](CCC)NC(=O)[C@]2(C)CSC(C(C)(O)OCC)=N2)=C1. The molecule has 0 bridgehead atoms. The summed E-state index contributed by atoms with van der Waals surface area (Å²) in [5.41, 5.74) is -1.06. The summed E-state index contributed by atoms with van der Waals surface area (Å²) in [6.07, 6.45) is 4.94. The smallest absolute Gasteiger partial charge is 0.249 e. The molecule has 0 aliphatic carbocycles. The van der Waals surface area contributed by atoms with Crippen molar-refractivity contribution in [3.8, 4) is 0 Å². The Morgan fingerprint density at radius 2 is 2.33 bits per heavy atom. The highest BCUT2D eigenvalue weighted by atomic mass is 32.2. The largest absolute Gasteiger partial charge is 0.490 e. The van der Waals surface area contributed by atoms with Crippen LogP contribution in [0.3, 0.4) is 0 Å². The summed E-state index contributed by atoms with van der Waals surface area (Å²) in [6, 6.07) is -0.457. The number of allylic oxidation sites excluding steroid dienone is 1. The standard InChI is InChI=1S/C21H32N2O6S/c1-6-9-15(16-11-14(27-10-7-2)12-17(24)29-16)22-18(25)20(4)13-30-19(23-20)21(5,26)28-8-3/h7,11-12,15,17,24,26H,2,6,8-10,13H2,1,3-5H3,(H,22,25)/t15-,17?,20+,21?/m1/s1. The van der Waals surface area contributed by atoms with Crippen molar-refractivity contribution in [2.75, 3.05) is 19.0 Å². The number of ether oxygens (including phenoxy) is 3. The van der Waals surface area contributed by atoms with Gasteiger partial charge in [-0.3, -0.25) is 9.79 Å². The molecule has 30 heavy (non-hydrogen) atoms. The Hall–Kier alpha value is -1.81. The summed E-state index contributed by atoms with van der Waals surface area (Å²) in [7, 11) is 0. The van der Waals surface area contributed by atoms with Crippen molar-refractivity contribution in [3.63, 3.8) is 0 Å². The van der Waals surface area contributed by atoms with Crippen LogP contribution in [0.1, 0.15) is 40.5 Å². The second-order valence-corrected chi connectivity index (χ2v) is 8.40. The minimum Gasteiger partial charge on any atom is -0.490 e. The highest BCUT2D eigenvalue weighted by molar-refractivity contribution is 8.14. The highest BCUT2D eigenvalue weighted by Gasteiger charge is 2.44. The molecule has 4 atom stereocenters. The average Bonchev–Trinajstić information content (AvgIpc) is 3.10. The van der Waals surface area contributed by atoms with Crippen molar-refractivity contribution in [2.24, 2.45) is 4.99 Å². The second kappa shape index (κ2) is 10.5. The van der Waals surface area contributed by atoms with E-state index in [4.69, 9.17) is 14.2 Å². The second-order valence-electron chi connectivity index (χ2n) is 7.43. The van der Waals surface area contributed by atoms with E-state index in [1.165, 1.54) is 24.8 Å². The van der Waals surface area contributed by atoms with Gasteiger partial charge in [-0.15, -0.1) is 11.8 Å². The molecule has 2 rings (SSSR count). The monoisotopic (exact) mass is 440 g/mol. The van der Waals surface area contributed by atoms with Crippen molar-refractivity contribution in [2.45, 2.75) is 64.2 Å². The summed E-state index contributed by atoms with van der Waals surface area (Å²) in [5, 5.41) is 23.8. The lowest BCUT2D eigenvalue weighted by atomic mass is 10.0. The van der Waals surface area contributed by atoms with Gasteiger partial charge >= 0.3 is 0 Å². The van der Waals surface area contributed by atoms with E-state index in [-0.39, 0.29) is 5.91 Å². The number of aliphatic hydroxyl groups is 2. The van der Waals surface area contributed by atoms with Crippen LogP contribution >= 0.6 is 11.8 Å². The van der Waals surface area contributed by atoms with Gasteiger partial charge in [0, 0.05) is 24.5 Å². The number of carbonyl (C=O) groups is 1. The molecule has 0 saturated heterocycles. The molecule has 0 aromatic rings. The third kappa shape index (κ3) is 6.10. The summed E-state index contributed by atoms with van der Waals surface area (Å²) in [5.74, 6) is -0.569. The lowest BCUT2D eigenvalue weighted by Gasteiger charge is -2.29. The van der Waals surface area contributed by atoms with Crippen LogP contribution in [-0.2, 0) is 19.0 Å². The number of rotatable bonds is 11. The predicted octanol–water partition coefficient (Wildman–Crippen LogP) is 2.24. The Labute approximate surface area is 182 Å². The summed E-state index contributed by atoms with van der Waals surface area (Å²) in [4.78, 5) is 17.6. The van der Waals surface area contributed by atoms with E-state index >= 15 is 0 Å². The number of nitrogens with zero attached hydrogens (tertiary/aromatic N) is 1. The van der Waals surface area contributed by atoms with E-state index in [2.05, 4.69) is 16.9 Å². The number of aliphatic hydroxyl groups excluding tert-OH is 1. The van der Waals surface area contributed by atoms with Crippen molar-refractivity contribution >= 4 is 22.7 Å². The number of hydrogen-bond acceptors (Lipinski definition) is 8. The van der Waals surface area contributed by atoms with Gasteiger partial charge in [-0.2, -0.15) is 0 Å². The minimum atomic E-state index is -1.53. The lowest BCUT2D eigenvalue weighted by molar-refractivity contribution is -0.130. The molecule has 0 fully saturated rings. The van der Waals surface area contributed by atoms with E-state index in [0.29, 0.717) is 41.9 Å². The van der Waals surface area contributed by atoms with Crippen molar-refractivity contribution in [1.82, 2.24) is 5.32 Å². The molecule has 8 nitrogen and oxygen atoms in total. The van der Waals surface area contributed by atoms with Crippen LogP contribution in [-0.4, -0.2) is 63.8 Å². The molecule has 0 spiro atoms. The zero-order valence-electron chi connectivity index (χ0n) is 18.0. The topological polar surface area (TPSA) is 110 Å². The molecule has 1 amide bonds. The van der Waals surface area contributed by atoms with Crippen LogP contribution in [0.25, 0.3) is 0 Å². The molecule has 0 aromatic heterocycles. The molecule has 2 aliphatic heterocycles. The summed E-state index contributed by atoms with van der Waals surface area (Å²) >= 11 is 1.30. The van der Waals surface area contributed by atoms with Crippen LogP contribution in [0.5, 0.6) is 0 Å². The highest BCUT2D eigenvalue weighted by Crippen LogP contribution is 2.34. The molecule has 2 aliphatic rings. The van der Waals surface area contributed by atoms with E-state index in [0.717, 1.165) is 6.42 Å². The van der Waals surface area contributed by atoms with E-state index in [1.807, 2.05) is 6.92 Å². The molecule has 3 N–H and O–H groups in total. The fourth-order valence-corrected chi connectivity index (χ4v) is 4.25. The van der Waals surface area contributed by atoms with Gasteiger partial charge in [0.25, 0.3) is 0 Å². The third-order valence-electron chi connectivity index (χ3n) is 4.59. The summed E-state index contributed by atoms with van der Waals surface area (Å²) in [6.45, 7) is 11.2. The predicted molar refractivity (Wildman–Crippen MR) is 117 cm³/mol. The Morgan fingerprint density at radius 3 is 2.97 bits per heavy atom. The third-order valence-corrected chi connectivity index (χ3v) is 6.04. The molecule has 0 saturated carbocycles. The van der Waals surface area contributed by atoms with Gasteiger partial charge in [0.2, 0.25) is 18.0 Å². The zero-order valence-corrected chi connectivity index (χ0v) is 18.8. The van der Waals surface area contributed by atoms with Crippen LogP contribution < -0.4 is 5.32 Å². The van der Waals surface area contributed by atoms with Crippen molar-refractivity contribution in [1.29, 1.82) is 0 Å². The number of hydrogen-bond donors (Lipinski definition) is 3. The van der Waals surface area contributed by atoms with E-state index < -0.39 is 23.7 Å². The molecule has 0 radical (unpaired) electrons. The lowest BCUT2D eigenvalue weighted by Crippen LogP contribution is -2.49. The van der Waals surface area contributed by atoms with E-state index in [1.54, 1.807) is 26.0 Å². The van der Waals surface area contributed by atoms with Gasteiger partial charge < -0.3 is 29.7 Å². The molecule has 9 heteroatoms. The maximum absolute atomic E-state index is 13.1. The quantitative estimate of drug-likeness (QED) is 0.334. The number of aliphatic imine (C=N–C) groups is 1. The fourth-order valence-electron chi connectivity index (χ4n) is 3.05. The van der Waals surface area contributed by atoms with Crippen molar-refractivity contribution < 1.29 is 29.2 Å². The molecule has 0 aromatic carbocycles. The van der Waals surface area contributed by atoms with Crippen LogP contribution in [0.2, 0.25) is 0 Å². The van der Waals surface area contributed by atoms with Gasteiger partial charge in [0.1, 0.15) is 28.7 Å². The van der Waals surface area contributed by atoms with Gasteiger partial charge in [-0.25, -0.2) is 0 Å². The van der Waals surface area contributed by atoms with Gasteiger partial charge in [-0.1, -0.05) is 26.0 Å². The Kier molecular flexibility index (Phi) is 8.54. The number of carbonyl (C=O) groups excluding carboxylic acids is 1. The molecular formula is C21H32N2O6S. The normalized spacial score (nSPS) is 26.5. The minimum absolute atomic E-state index is 0.291. The van der Waals surface area contributed by atoms with E-state index in [9.17, 15) is 15.0 Å². The fraction of sp³-hybridized carbons (Fsp3) is 0.619. The molecular weight excluding hydrogens is 408 g/mol. The Morgan fingerprint density at radius 1 is 1.60 bits per heavy atom. The van der Waals surface area contributed by atoms with Gasteiger partial charge in [-0.05, 0) is 27.2 Å². The zero-order chi connectivity index (χ0) is 22.4. The van der Waals surface area contributed by atoms with Gasteiger partial charge in [0.05, 0.1) is 6.04 Å². The Balaban J connectivity index is 2.17. The van der Waals surface area contributed by atoms with Crippen LogP contribution in [0, 0.1) is 0 Å². The van der Waals surface area contributed by atoms with Gasteiger partial charge in [0.15, 0.2) is 0 Å². The first kappa shape index (κ1) is 24.5. The first-order valence-electron chi connectivity index (χ1n) is 10.1.